The van der Waals surface area contributed by atoms with Gasteiger partial charge in [0.05, 0.1) is 23.3 Å². The van der Waals surface area contributed by atoms with E-state index in [0.717, 1.165) is 17.1 Å². The number of rotatable bonds is 4. The fraction of sp³-hybridized carbons (Fsp3) is 0.316. The van der Waals surface area contributed by atoms with Crippen molar-refractivity contribution in [2.75, 3.05) is 6.54 Å². The Morgan fingerprint density at radius 3 is 2.78 bits per heavy atom. The second kappa shape index (κ2) is 6.55. The number of aromatic amines is 1. The van der Waals surface area contributed by atoms with Crippen LogP contribution < -0.4 is 5.56 Å². The molecule has 2 N–H and O–H groups in total. The summed E-state index contributed by atoms with van der Waals surface area (Å²) in [5.74, 6) is -0.958. The third kappa shape index (κ3) is 2.78. The zero-order valence-electron chi connectivity index (χ0n) is 15.2. The van der Waals surface area contributed by atoms with E-state index in [1.54, 1.807) is 4.68 Å². The molecule has 0 amide bonds. The maximum absolute atomic E-state index is 13.1. The van der Waals surface area contributed by atoms with Crippen molar-refractivity contribution in [3.63, 3.8) is 0 Å². The van der Waals surface area contributed by atoms with Crippen molar-refractivity contribution in [2.24, 2.45) is 7.05 Å². The number of hydrogen-bond acceptors (Lipinski definition) is 4. The molecule has 0 fully saturated rings. The number of carboxylic acids is 1. The summed E-state index contributed by atoms with van der Waals surface area (Å²) in [7, 11) is 1.84. The highest BCUT2D eigenvalue weighted by Crippen LogP contribution is 2.29. The first kappa shape index (κ1) is 17.3. The maximum Gasteiger partial charge on any atom is 0.327 e. The Balaban J connectivity index is 1.73. The van der Waals surface area contributed by atoms with Crippen molar-refractivity contribution in [2.45, 2.75) is 25.9 Å². The summed E-state index contributed by atoms with van der Waals surface area (Å²) >= 11 is 0. The topological polar surface area (TPSA) is 96.2 Å². The number of fused-ring (bicyclic) bond motifs is 1. The number of H-pyrrole nitrogens is 1. The summed E-state index contributed by atoms with van der Waals surface area (Å²) in [6, 6.07) is 8.56. The Bertz CT molecular complexity index is 1050. The van der Waals surface area contributed by atoms with Gasteiger partial charge in [0.25, 0.3) is 5.56 Å². The van der Waals surface area contributed by atoms with E-state index in [-0.39, 0.29) is 12.1 Å². The molecule has 0 spiro atoms. The molecule has 3 aromatic rings. The van der Waals surface area contributed by atoms with Gasteiger partial charge in [0.1, 0.15) is 0 Å². The standard InChI is InChI=1S/C19H21N5O3/c1-12-14(18(25)24(22(12)2)13-6-4-3-5-7-13)10-23-9-8-15-16(21-11-20-15)17(23)19(26)27/h3-7,11,17H,8-10H2,1-2H3,(H,20,21)(H,26,27)/t17-/m0/s1. The Kier molecular flexibility index (Phi) is 4.19. The largest absolute Gasteiger partial charge is 0.480 e. The van der Waals surface area contributed by atoms with E-state index in [4.69, 9.17) is 0 Å². The van der Waals surface area contributed by atoms with Crippen LogP contribution in [-0.2, 0) is 24.8 Å². The van der Waals surface area contributed by atoms with Crippen LogP contribution in [0.15, 0.2) is 41.5 Å². The Morgan fingerprint density at radius 2 is 2.07 bits per heavy atom. The zero-order valence-corrected chi connectivity index (χ0v) is 15.2. The molecule has 1 aliphatic rings. The molecule has 1 aliphatic heterocycles. The van der Waals surface area contributed by atoms with Crippen molar-refractivity contribution in [1.82, 2.24) is 24.2 Å². The minimum atomic E-state index is -0.958. The van der Waals surface area contributed by atoms with Crippen LogP contribution in [0.4, 0.5) is 0 Å². The minimum Gasteiger partial charge on any atom is -0.480 e. The van der Waals surface area contributed by atoms with E-state index in [0.29, 0.717) is 24.2 Å². The SMILES string of the molecule is Cc1c(CN2CCc3[nH]cnc3[C@H]2C(=O)O)c(=O)n(-c2ccccc2)n1C. The quantitative estimate of drug-likeness (QED) is 0.726. The van der Waals surface area contributed by atoms with E-state index in [1.807, 2.05) is 53.9 Å². The van der Waals surface area contributed by atoms with E-state index >= 15 is 0 Å². The van der Waals surface area contributed by atoms with Crippen LogP contribution in [0, 0.1) is 6.92 Å². The second-order valence-electron chi connectivity index (χ2n) is 6.77. The first-order valence-electron chi connectivity index (χ1n) is 8.81. The molecule has 1 aromatic carbocycles. The van der Waals surface area contributed by atoms with Gasteiger partial charge in [-0.2, -0.15) is 0 Å². The monoisotopic (exact) mass is 367 g/mol. The molecule has 4 rings (SSSR count). The van der Waals surface area contributed by atoms with Gasteiger partial charge < -0.3 is 10.1 Å². The van der Waals surface area contributed by atoms with Crippen molar-refractivity contribution >= 4 is 5.97 Å². The van der Waals surface area contributed by atoms with Gasteiger partial charge in [0, 0.05) is 37.9 Å². The molecule has 0 saturated carbocycles. The number of nitrogens with one attached hydrogen (secondary N) is 1. The molecule has 8 nitrogen and oxygen atoms in total. The van der Waals surface area contributed by atoms with Crippen LogP contribution in [0.5, 0.6) is 0 Å². The number of carboxylic acid groups (broad SMARTS) is 1. The number of carbonyl (C=O) groups is 1. The zero-order chi connectivity index (χ0) is 19.1. The highest BCUT2D eigenvalue weighted by atomic mass is 16.4. The van der Waals surface area contributed by atoms with Crippen LogP contribution in [0.1, 0.15) is 28.7 Å². The first-order chi connectivity index (χ1) is 13.0. The van der Waals surface area contributed by atoms with Gasteiger partial charge in [-0.05, 0) is 19.1 Å². The lowest BCUT2D eigenvalue weighted by Crippen LogP contribution is -2.40. The summed E-state index contributed by atoms with van der Waals surface area (Å²) < 4.78 is 3.43. The van der Waals surface area contributed by atoms with E-state index in [1.165, 1.54) is 6.33 Å². The predicted molar refractivity (Wildman–Crippen MR) is 98.8 cm³/mol. The molecule has 27 heavy (non-hydrogen) atoms. The van der Waals surface area contributed by atoms with Gasteiger partial charge in [0.2, 0.25) is 0 Å². The highest BCUT2D eigenvalue weighted by molar-refractivity contribution is 5.75. The summed E-state index contributed by atoms with van der Waals surface area (Å²) in [5, 5.41) is 9.74. The Labute approximate surface area is 155 Å². The molecule has 1 atom stereocenters. The first-order valence-corrected chi connectivity index (χ1v) is 8.81. The average Bonchev–Trinajstić information content (AvgIpc) is 3.21. The highest BCUT2D eigenvalue weighted by Gasteiger charge is 2.36. The fourth-order valence-corrected chi connectivity index (χ4v) is 3.78. The molecule has 3 heterocycles. The molecule has 0 bridgehead atoms. The van der Waals surface area contributed by atoms with Crippen LogP contribution >= 0.6 is 0 Å². The van der Waals surface area contributed by atoms with Gasteiger partial charge >= 0.3 is 5.97 Å². The van der Waals surface area contributed by atoms with Crippen molar-refractivity contribution in [3.05, 3.63) is 69.7 Å². The number of imidazole rings is 1. The molecule has 0 aliphatic carbocycles. The lowest BCUT2D eigenvalue weighted by molar-refractivity contribution is -0.144. The molecule has 0 unspecified atom stereocenters. The minimum absolute atomic E-state index is 0.127. The molecule has 8 heteroatoms. The van der Waals surface area contributed by atoms with Crippen LogP contribution in [0.25, 0.3) is 5.69 Å². The number of nitrogens with zero attached hydrogens (tertiary/aromatic N) is 4. The van der Waals surface area contributed by atoms with Crippen molar-refractivity contribution in [3.8, 4) is 5.69 Å². The predicted octanol–water partition coefficient (Wildman–Crippen LogP) is 1.39. The smallest absolute Gasteiger partial charge is 0.327 e. The third-order valence-corrected chi connectivity index (χ3v) is 5.29. The summed E-state index contributed by atoms with van der Waals surface area (Å²) in [4.78, 5) is 34.0. The van der Waals surface area contributed by atoms with Crippen LogP contribution in [0.2, 0.25) is 0 Å². The molecular formula is C19H21N5O3. The van der Waals surface area contributed by atoms with E-state index < -0.39 is 12.0 Å². The molecule has 0 radical (unpaired) electrons. The molecular weight excluding hydrogens is 346 g/mol. The number of hydrogen-bond donors (Lipinski definition) is 2. The number of para-hydroxylation sites is 1. The lowest BCUT2D eigenvalue weighted by atomic mass is 10.0. The summed E-state index contributed by atoms with van der Waals surface area (Å²) in [5.41, 5.74) is 3.46. The fourth-order valence-electron chi connectivity index (χ4n) is 3.78. The normalized spacial score (nSPS) is 17.0. The maximum atomic E-state index is 13.1. The number of aromatic nitrogens is 4. The second-order valence-corrected chi connectivity index (χ2v) is 6.77. The number of benzene rings is 1. The molecule has 2 aromatic heterocycles. The van der Waals surface area contributed by atoms with E-state index in [2.05, 4.69) is 9.97 Å². The van der Waals surface area contributed by atoms with Crippen LogP contribution in [0.3, 0.4) is 0 Å². The van der Waals surface area contributed by atoms with E-state index in [9.17, 15) is 14.7 Å². The van der Waals surface area contributed by atoms with Gasteiger partial charge in [0.15, 0.2) is 6.04 Å². The molecule has 0 saturated heterocycles. The van der Waals surface area contributed by atoms with Gasteiger partial charge in [-0.1, -0.05) is 18.2 Å². The van der Waals surface area contributed by atoms with Gasteiger partial charge in [-0.15, -0.1) is 0 Å². The molecule has 140 valence electrons. The van der Waals surface area contributed by atoms with Gasteiger partial charge in [-0.25, -0.2) is 9.67 Å². The third-order valence-electron chi connectivity index (χ3n) is 5.29. The van der Waals surface area contributed by atoms with Crippen LogP contribution in [-0.4, -0.2) is 41.9 Å². The Morgan fingerprint density at radius 1 is 1.33 bits per heavy atom. The average molecular weight is 367 g/mol. The number of aliphatic carboxylic acids is 1. The van der Waals surface area contributed by atoms with Gasteiger partial charge in [-0.3, -0.25) is 19.2 Å². The van der Waals surface area contributed by atoms with Crippen molar-refractivity contribution < 1.29 is 9.90 Å². The summed E-state index contributed by atoms with van der Waals surface area (Å²) in [6.07, 6.45) is 2.21. The van der Waals surface area contributed by atoms with Crippen molar-refractivity contribution in [1.29, 1.82) is 0 Å². The summed E-state index contributed by atoms with van der Waals surface area (Å²) in [6.45, 7) is 2.70. The Hall–Kier alpha value is -3.13. The lowest BCUT2D eigenvalue weighted by Gasteiger charge is -2.31.